The van der Waals surface area contributed by atoms with E-state index in [0.29, 0.717) is 30.4 Å². The van der Waals surface area contributed by atoms with Crippen LogP contribution in [0.3, 0.4) is 0 Å². The molecule has 0 aromatic heterocycles. The number of rotatable bonds is 18. The summed E-state index contributed by atoms with van der Waals surface area (Å²) in [6, 6.07) is 23.8. The van der Waals surface area contributed by atoms with Gasteiger partial charge in [-0.3, -0.25) is 4.79 Å². The van der Waals surface area contributed by atoms with Crippen molar-refractivity contribution in [1.82, 2.24) is 0 Å². The third-order valence-corrected chi connectivity index (χ3v) is 11.2. The molecule has 3 aromatic rings. The summed E-state index contributed by atoms with van der Waals surface area (Å²) < 4.78 is 16.3. The van der Waals surface area contributed by atoms with Crippen molar-refractivity contribution in [3.8, 4) is 5.75 Å². The lowest BCUT2D eigenvalue weighted by atomic mass is 9.72. The largest absolute Gasteiger partial charge is 0.489 e. The van der Waals surface area contributed by atoms with E-state index in [0.717, 1.165) is 69.5 Å². The number of para-hydroxylation sites is 1. The zero-order valence-corrected chi connectivity index (χ0v) is 30.1. The van der Waals surface area contributed by atoms with E-state index in [-0.39, 0.29) is 11.9 Å². The zero-order chi connectivity index (χ0) is 34.3. The van der Waals surface area contributed by atoms with Gasteiger partial charge in [0.2, 0.25) is 0 Å². The Balaban J connectivity index is 1.20. The number of benzene rings is 3. The third-order valence-electron chi connectivity index (χ3n) is 11.2. The second kappa shape index (κ2) is 19.6. The van der Waals surface area contributed by atoms with E-state index in [9.17, 15) is 9.59 Å². The number of unbranched alkanes of at least 4 members (excludes halogenated alkanes) is 3. The van der Waals surface area contributed by atoms with Crippen LogP contribution in [0.15, 0.2) is 66.7 Å². The fraction of sp³-hybridized carbons (Fsp3) is 0.545. The van der Waals surface area contributed by atoms with Crippen molar-refractivity contribution in [2.24, 2.45) is 11.8 Å². The average Bonchev–Trinajstić information content (AvgIpc) is 3.16. The summed E-state index contributed by atoms with van der Waals surface area (Å²) in [7, 11) is 2.91. The Bertz CT molecular complexity index is 1450. The summed E-state index contributed by atoms with van der Waals surface area (Å²) in [5, 5.41) is 0. The van der Waals surface area contributed by atoms with Crippen molar-refractivity contribution < 1.29 is 23.8 Å². The molecule has 0 bridgehead atoms. The Morgan fingerprint density at radius 3 is 2.33 bits per heavy atom. The minimum Gasteiger partial charge on any atom is -0.489 e. The summed E-state index contributed by atoms with van der Waals surface area (Å²) in [5.74, 6) is 2.50. The molecular weight excluding hydrogens is 608 g/mol. The van der Waals surface area contributed by atoms with Gasteiger partial charge in [0.15, 0.2) is 0 Å². The zero-order valence-electron chi connectivity index (χ0n) is 30.1. The molecule has 2 aliphatic rings. The standard InChI is InChI=1S/C44H58O5/c1-47-43(45)20-9-4-3-8-15-36(40-18-12-17-38-31-39(44(46)48-2)29-30-41(38)40)27-28-37-16-10-11-19-42(37)49-32-35-25-23-34(24-26-35)22-21-33-13-6-5-7-14-33/h10-11,16,19,23-26,29-31,33,36,40H,3-9,12-15,17-18,20-22,27-28,32H2,1-2H3. The first kappa shape index (κ1) is 36.7. The van der Waals surface area contributed by atoms with Crippen LogP contribution in [0, 0.1) is 11.8 Å². The molecule has 5 heteroatoms. The van der Waals surface area contributed by atoms with Gasteiger partial charge in [-0.25, -0.2) is 4.79 Å². The molecule has 2 aliphatic carbocycles. The quantitative estimate of drug-likeness (QED) is 0.0999. The van der Waals surface area contributed by atoms with Gasteiger partial charge in [-0.05, 0) is 122 Å². The van der Waals surface area contributed by atoms with Crippen LogP contribution in [-0.2, 0) is 40.1 Å². The van der Waals surface area contributed by atoms with Crippen molar-refractivity contribution >= 4 is 11.9 Å². The van der Waals surface area contributed by atoms with Crippen LogP contribution >= 0.6 is 0 Å². The lowest BCUT2D eigenvalue weighted by Crippen LogP contribution is -2.20. The number of methoxy groups -OCH3 is 2. The van der Waals surface area contributed by atoms with Gasteiger partial charge in [0.25, 0.3) is 0 Å². The third kappa shape index (κ3) is 11.2. The number of esters is 2. The number of carbonyl (C=O) groups is 2. The lowest BCUT2D eigenvalue weighted by Gasteiger charge is -2.33. The summed E-state index contributed by atoms with van der Waals surface area (Å²) in [4.78, 5) is 23.8. The number of aryl methyl sites for hydroxylation is 3. The molecule has 5 rings (SSSR count). The van der Waals surface area contributed by atoms with Gasteiger partial charge >= 0.3 is 11.9 Å². The highest BCUT2D eigenvalue weighted by Crippen LogP contribution is 2.42. The number of ether oxygens (including phenoxy) is 3. The van der Waals surface area contributed by atoms with Crippen LogP contribution < -0.4 is 4.74 Å². The van der Waals surface area contributed by atoms with Crippen LogP contribution in [0.25, 0.3) is 0 Å². The second-order valence-corrected chi connectivity index (χ2v) is 14.5. The number of carbonyl (C=O) groups excluding carboxylic acids is 2. The molecule has 0 N–H and O–H groups in total. The first-order valence-electron chi connectivity index (χ1n) is 19.1. The monoisotopic (exact) mass is 666 g/mol. The molecular formula is C44H58O5. The van der Waals surface area contributed by atoms with Gasteiger partial charge < -0.3 is 14.2 Å². The lowest BCUT2D eigenvalue weighted by molar-refractivity contribution is -0.140. The van der Waals surface area contributed by atoms with E-state index in [1.165, 1.54) is 93.4 Å². The molecule has 3 aromatic carbocycles. The first-order chi connectivity index (χ1) is 24.0. The summed E-state index contributed by atoms with van der Waals surface area (Å²) in [6.45, 7) is 0.577. The molecule has 49 heavy (non-hydrogen) atoms. The number of hydrogen-bond donors (Lipinski definition) is 0. The topological polar surface area (TPSA) is 61.8 Å². The van der Waals surface area contributed by atoms with Gasteiger partial charge in [-0.1, -0.05) is 99.9 Å². The van der Waals surface area contributed by atoms with Gasteiger partial charge in [-0.2, -0.15) is 0 Å². The van der Waals surface area contributed by atoms with Crippen LogP contribution in [0.5, 0.6) is 5.75 Å². The highest BCUT2D eigenvalue weighted by atomic mass is 16.5. The predicted octanol–water partition coefficient (Wildman–Crippen LogP) is 10.7. The van der Waals surface area contributed by atoms with E-state index in [2.05, 4.69) is 60.7 Å². The molecule has 5 nitrogen and oxygen atoms in total. The maximum atomic E-state index is 12.3. The minimum absolute atomic E-state index is 0.120. The van der Waals surface area contributed by atoms with Crippen molar-refractivity contribution in [3.05, 3.63) is 100 Å². The van der Waals surface area contributed by atoms with Crippen LogP contribution in [0.2, 0.25) is 0 Å². The first-order valence-corrected chi connectivity index (χ1v) is 19.1. The smallest absolute Gasteiger partial charge is 0.337 e. The number of hydrogen-bond acceptors (Lipinski definition) is 5. The maximum Gasteiger partial charge on any atom is 0.337 e. The van der Waals surface area contributed by atoms with E-state index >= 15 is 0 Å². The molecule has 2 unspecified atom stereocenters. The Labute approximate surface area is 295 Å². The normalized spacial score (nSPS) is 16.8. The molecule has 1 saturated carbocycles. The fourth-order valence-electron chi connectivity index (χ4n) is 8.27. The molecule has 1 fully saturated rings. The molecule has 264 valence electrons. The van der Waals surface area contributed by atoms with Gasteiger partial charge in [-0.15, -0.1) is 0 Å². The van der Waals surface area contributed by atoms with Gasteiger partial charge in [0.05, 0.1) is 19.8 Å². The Morgan fingerprint density at radius 1 is 0.755 bits per heavy atom. The van der Waals surface area contributed by atoms with Crippen LogP contribution in [-0.4, -0.2) is 26.2 Å². The maximum absolute atomic E-state index is 12.3. The average molecular weight is 667 g/mol. The van der Waals surface area contributed by atoms with Crippen LogP contribution in [0.1, 0.15) is 140 Å². The van der Waals surface area contributed by atoms with Gasteiger partial charge in [0.1, 0.15) is 12.4 Å². The molecule has 0 aliphatic heterocycles. The van der Waals surface area contributed by atoms with Gasteiger partial charge in [0, 0.05) is 6.42 Å². The Morgan fingerprint density at radius 2 is 1.53 bits per heavy atom. The summed E-state index contributed by atoms with van der Waals surface area (Å²) in [6.07, 6.45) is 20.8. The SMILES string of the molecule is COC(=O)CCCCCCC(CCc1ccccc1OCc1ccc(CCC2CCCCC2)cc1)C1CCCc2cc(C(=O)OC)ccc21. The molecule has 0 heterocycles. The summed E-state index contributed by atoms with van der Waals surface area (Å²) >= 11 is 0. The van der Waals surface area contributed by atoms with Crippen molar-refractivity contribution in [3.63, 3.8) is 0 Å². The molecule has 0 spiro atoms. The van der Waals surface area contributed by atoms with E-state index < -0.39 is 0 Å². The fourth-order valence-corrected chi connectivity index (χ4v) is 8.27. The Hall–Kier alpha value is -3.60. The molecule has 0 radical (unpaired) electrons. The second-order valence-electron chi connectivity index (χ2n) is 14.5. The number of fused-ring (bicyclic) bond motifs is 1. The highest BCUT2D eigenvalue weighted by Gasteiger charge is 2.28. The predicted molar refractivity (Wildman–Crippen MR) is 197 cm³/mol. The Kier molecular flexibility index (Phi) is 14.6. The molecule has 0 amide bonds. The van der Waals surface area contributed by atoms with E-state index in [4.69, 9.17) is 14.2 Å². The van der Waals surface area contributed by atoms with Crippen molar-refractivity contribution in [1.29, 1.82) is 0 Å². The molecule has 2 atom stereocenters. The van der Waals surface area contributed by atoms with E-state index in [1.807, 2.05) is 6.07 Å². The van der Waals surface area contributed by atoms with E-state index in [1.54, 1.807) is 0 Å². The highest BCUT2D eigenvalue weighted by molar-refractivity contribution is 5.89. The molecule has 0 saturated heterocycles. The van der Waals surface area contributed by atoms with Crippen LogP contribution in [0.4, 0.5) is 0 Å². The summed E-state index contributed by atoms with van der Waals surface area (Å²) in [5.41, 5.74) is 7.27. The van der Waals surface area contributed by atoms with Crippen molar-refractivity contribution in [2.75, 3.05) is 14.2 Å². The van der Waals surface area contributed by atoms with Crippen molar-refractivity contribution in [2.45, 2.75) is 128 Å². The minimum atomic E-state index is -0.268.